The van der Waals surface area contributed by atoms with Crippen molar-refractivity contribution in [3.8, 4) is 5.75 Å². The van der Waals surface area contributed by atoms with Crippen LogP contribution >= 0.6 is 12.4 Å². The Bertz CT molecular complexity index is 502. The van der Waals surface area contributed by atoms with Gasteiger partial charge in [0.1, 0.15) is 0 Å². The first-order valence-corrected chi connectivity index (χ1v) is 6.96. The van der Waals surface area contributed by atoms with Gasteiger partial charge in [-0.1, -0.05) is 0 Å². The third-order valence-corrected chi connectivity index (χ3v) is 3.87. The van der Waals surface area contributed by atoms with Crippen molar-refractivity contribution in [1.82, 2.24) is 5.32 Å². The molecule has 1 aliphatic rings. The molecule has 0 aliphatic carbocycles. The predicted octanol–water partition coefficient (Wildman–Crippen LogP) is 2.21. The molecule has 1 saturated heterocycles. The molecule has 2 N–H and O–H groups in total. The second-order valence-electron chi connectivity index (χ2n) is 5.27. The van der Waals surface area contributed by atoms with Gasteiger partial charge in [-0.3, -0.25) is 4.79 Å². The number of anilines is 1. The largest absolute Gasteiger partial charge is 0.494 e. The zero-order valence-corrected chi connectivity index (χ0v) is 13.6. The Kier molecular flexibility index (Phi) is 7.06. The highest BCUT2D eigenvalue weighted by Gasteiger charge is 2.39. The van der Waals surface area contributed by atoms with Gasteiger partial charge < -0.3 is 20.1 Å². The lowest BCUT2D eigenvalue weighted by Crippen LogP contribution is -2.47. The number of halogens is 2. The van der Waals surface area contributed by atoms with Crippen LogP contribution in [0.3, 0.4) is 0 Å². The van der Waals surface area contributed by atoms with Crippen LogP contribution in [-0.2, 0) is 9.53 Å². The van der Waals surface area contributed by atoms with Gasteiger partial charge >= 0.3 is 0 Å². The van der Waals surface area contributed by atoms with Crippen LogP contribution in [0.5, 0.6) is 5.75 Å². The average Bonchev–Trinajstić information content (AvgIpc) is 2.48. The van der Waals surface area contributed by atoms with Gasteiger partial charge in [0.25, 0.3) is 0 Å². The maximum Gasteiger partial charge on any atom is 0.233 e. The molecule has 0 unspecified atom stereocenters. The first kappa shape index (κ1) is 18.7. The Morgan fingerprint density at radius 3 is 2.59 bits per heavy atom. The van der Waals surface area contributed by atoms with E-state index < -0.39 is 11.2 Å². The summed E-state index contributed by atoms with van der Waals surface area (Å²) in [5, 5.41) is 6.02. The number of hydrogen-bond donors (Lipinski definition) is 2. The van der Waals surface area contributed by atoms with Crippen LogP contribution in [0.4, 0.5) is 10.1 Å². The highest BCUT2D eigenvalue weighted by atomic mass is 35.5. The number of ether oxygens (including phenoxy) is 2. The van der Waals surface area contributed by atoms with Crippen LogP contribution < -0.4 is 15.4 Å². The summed E-state index contributed by atoms with van der Waals surface area (Å²) in [6.07, 6.45) is 1.40. The molecule has 1 aromatic rings. The first-order chi connectivity index (χ1) is 10.1. The lowest BCUT2D eigenvalue weighted by atomic mass is 9.78. The van der Waals surface area contributed by atoms with Gasteiger partial charge in [-0.2, -0.15) is 0 Å². The van der Waals surface area contributed by atoms with Crippen LogP contribution in [0, 0.1) is 11.2 Å². The second kappa shape index (κ2) is 8.31. The Hall–Kier alpha value is -1.37. The van der Waals surface area contributed by atoms with E-state index in [1.807, 2.05) is 0 Å². The summed E-state index contributed by atoms with van der Waals surface area (Å²) in [6.45, 7) is 1.90. The van der Waals surface area contributed by atoms with Gasteiger partial charge in [-0.15, -0.1) is 12.4 Å². The van der Waals surface area contributed by atoms with Crippen molar-refractivity contribution in [3.63, 3.8) is 0 Å². The van der Waals surface area contributed by atoms with Crippen LogP contribution in [0.1, 0.15) is 12.8 Å². The van der Waals surface area contributed by atoms with E-state index in [0.29, 0.717) is 25.1 Å². The Morgan fingerprint density at radius 1 is 1.36 bits per heavy atom. The molecule has 1 aliphatic heterocycles. The molecule has 0 atom stereocenters. The van der Waals surface area contributed by atoms with E-state index in [9.17, 15) is 9.18 Å². The molecule has 0 aromatic heterocycles. The molecular formula is C15H22ClFN2O3. The lowest BCUT2D eigenvalue weighted by molar-refractivity contribution is -0.130. The number of methoxy groups -OCH3 is 2. The van der Waals surface area contributed by atoms with E-state index >= 15 is 0 Å². The number of amides is 1. The number of rotatable bonds is 5. The Labute approximate surface area is 136 Å². The normalized spacial score (nSPS) is 16.5. The fourth-order valence-corrected chi connectivity index (χ4v) is 2.63. The molecule has 1 amide bonds. The van der Waals surface area contributed by atoms with Crippen molar-refractivity contribution in [3.05, 3.63) is 24.0 Å². The third-order valence-electron chi connectivity index (χ3n) is 3.87. The van der Waals surface area contributed by atoms with E-state index in [1.54, 1.807) is 13.2 Å². The monoisotopic (exact) mass is 332 g/mol. The number of nitrogens with one attached hydrogen (secondary N) is 2. The first-order valence-electron chi connectivity index (χ1n) is 6.96. The third kappa shape index (κ3) is 4.09. The van der Waals surface area contributed by atoms with Crippen LogP contribution in [0.15, 0.2) is 18.2 Å². The zero-order chi connectivity index (χ0) is 15.3. The van der Waals surface area contributed by atoms with Crippen molar-refractivity contribution < 1.29 is 18.7 Å². The molecule has 1 fully saturated rings. The summed E-state index contributed by atoms with van der Waals surface area (Å²) in [7, 11) is 2.99. The summed E-state index contributed by atoms with van der Waals surface area (Å²) in [5.74, 6) is -0.474. The maximum atomic E-state index is 13.7. The van der Waals surface area contributed by atoms with E-state index in [0.717, 1.165) is 13.1 Å². The molecule has 22 heavy (non-hydrogen) atoms. The average molecular weight is 333 g/mol. The van der Waals surface area contributed by atoms with Gasteiger partial charge in [0, 0.05) is 18.9 Å². The number of carbonyl (C=O) groups is 1. The van der Waals surface area contributed by atoms with Crippen LogP contribution in [0.25, 0.3) is 0 Å². The highest BCUT2D eigenvalue weighted by molar-refractivity contribution is 5.95. The molecule has 2 rings (SSSR count). The summed E-state index contributed by atoms with van der Waals surface area (Å²) >= 11 is 0. The topological polar surface area (TPSA) is 59.6 Å². The van der Waals surface area contributed by atoms with Crippen molar-refractivity contribution in [1.29, 1.82) is 0 Å². The van der Waals surface area contributed by atoms with E-state index in [1.165, 1.54) is 19.2 Å². The van der Waals surface area contributed by atoms with Crippen molar-refractivity contribution in [2.45, 2.75) is 12.8 Å². The fraction of sp³-hybridized carbons (Fsp3) is 0.533. The summed E-state index contributed by atoms with van der Waals surface area (Å²) in [4.78, 5) is 12.6. The number of carbonyl (C=O) groups excluding carboxylic acids is 1. The molecular weight excluding hydrogens is 311 g/mol. The quantitative estimate of drug-likeness (QED) is 0.868. The standard InChI is InChI=1S/C15H21FN2O3.ClH/c1-20-10-15(5-7-17-8-6-15)14(19)18-11-3-4-13(21-2)12(16)9-11;/h3-4,9,17H,5-8,10H2,1-2H3,(H,18,19);1H. The summed E-state index contributed by atoms with van der Waals surface area (Å²) < 4.78 is 23.8. The highest BCUT2D eigenvalue weighted by Crippen LogP contribution is 2.31. The summed E-state index contributed by atoms with van der Waals surface area (Å²) in [6, 6.07) is 4.38. The van der Waals surface area contributed by atoms with Crippen LogP contribution in [0.2, 0.25) is 0 Å². The number of hydrogen-bond acceptors (Lipinski definition) is 4. The molecule has 0 spiro atoms. The van der Waals surface area contributed by atoms with E-state index in [-0.39, 0.29) is 24.1 Å². The predicted molar refractivity (Wildman–Crippen MR) is 85.2 cm³/mol. The minimum Gasteiger partial charge on any atom is -0.494 e. The lowest BCUT2D eigenvalue weighted by Gasteiger charge is -2.35. The molecule has 7 heteroatoms. The second-order valence-corrected chi connectivity index (χ2v) is 5.27. The zero-order valence-electron chi connectivity index (χ0n) is 12.8. The van der Waals surface area contributed by atoms with Gasteiger partial charge in [0.2, 0.25) is 5.91 Å². The van der Waals surface area contributed by atoms with Crippen molar-refractivity contribution >= 4 is 24.0 Å². The molecule has 1 heterocycles. The fourth-order valence-electron chi connectivity index (χ4n) is 2.63. The van der Waals surface area contributed by atoms with E-state index in [4.69, 9.17) is 9.47 Å². The summed E-state index contributed by atoms with van der Waals surface area (Å²) in [5.41, 5.74) is -0.136. The van der Waals surface area contributed by atoms with Gasteiger partial charge in [-0.05, 0) is 38.1 Å². The molecule has 0 radical (unpaired) electrons. The molecule has 1 aromatic carbocycles. The minimum atomic E-state index is -0.559. The van der Waals surface area contributed by atoms with Gasteiger partial charge in [0.15, 0.2) is 11.6 Å². The van der Waals surface area contributed by atoms with E-state index in [2.05, 4.69) is 10.6 Å². The smallest absolute Gasteiger partial charge is 0.233 e. The molecule has 5 nitrogen and oxygen atoms in total. The number of benzene rings is 1. The minimum absolute atomic E-state index is 0. The van der Waals surface area contributed by atoms with Crippen molar-refractivity contribution in [2.75, 3.05) is 39.2 Å². The van der Waals surface area contributed by atoms with Gasteiger partial charge in [-0.25, -0.2) is 4.39 Å². The Morgan fingerprint density at radius 2 is 2.05 bits per heavy atom. The molecule has 0 bridgehead atoms. The van der Waals surface area contributed by atoms with Gasteiger partial charge in [0.05, 0.1) is 19.1 Å². The maximum absolute atomic E-state index is 13.7. The number of piperidine rings is 1. The molecule has 124 valence electrons. The van der Waals surface area contributed by atoms with Crippen molar-refractivity contribution in [2.24, 2.45) is 5.41 Å². The molecule has 0 saturated carbocycles. The SMILES string of the molecule is COCC1(C(=O)Nc2ccc(OC)c(F)c2)CCNCC1.Cl. The Balaban J connectivity index is 0.00000242. The van der Waals surface area contributed by atoms with Crippen LogP contribution in [-0.4, -0.2) is 39.8 Å².